The maximum absolute atomic E-state index is 12.8. The van der Waals surface area contributed by atoms with Crippen molar-refractivity contribution < 1.29 is 27.9 Å². The van der Waals surface area contributed by atoms with Crippen molar-refractivity contribution in [2.45, 2.75) is 31.3 Å². The van der Waals surface area contributed by atoms with Gasteiger partial charge in [-0.2, -0.15) is 0 Å². The minimum atomic E-state index is -3.50. The van der Waals surface area contributed by atoms with E-state index in [1.807, 2.05) is 0 Å². The molecule has 0 atom stereocenters. The summed E-state index contributed by atoms with van der Waals surface area (Å²) in [5.41, 5.74) is 1.64. The third-order valence-corrected chi connectivity index (χ3v) is 6.81. The Kier molecular flexibility index (Phi) is 4.25. The molecule has 0 aromatic heterocycles. The molecule has 2 heterocycles. The molecule has 0 aliphatic carbocycles. The molecule has 1 fully saturated rings. The van der Waals surface area contributed by atoms with Gasteiger partial charge in [-0.25, -0.2) is 18.0 Å². The number of amides is 1. The highest BCUT2D eigenvalue weighted by Crippen LogP contribution is 2.30. The number of carboxylic acid groups (broad SMARTS) is 1. The average molecular weight is 353 g/mol. The number of nitrogens with zero attached hydrogens (tertiary/aromatic N) is 1. The first-order chi connectivity index (χ1) is 11.3. The zero-order valence-electron chi connectivity index (χ0n) is 13.3. The van der Waals surface area contributed by atoms with Crippen molar-refractivity contribution in [3.63, 3.8) is 0 Å². The van der Waals surface area contributed by atoms with Crippen molar-refractivity contribution in [3.05, 3.63) is 28.8 Å². The molecule has 0 radical (unpaired) electrons. The second-order valence-electron chi connectivity index (χ2n) is 6.29. The fourth-order valence-electron chi connectivity index (χ4n) is 3.36. The van der Waals surface area contributed by atoms with E-state index >= 15 is 0 Å². The van der Waals surface area contributed by atoms with Crippen LogP contribution in [0.5, 0.6) is 0 Å². The smallest absolute Gasteiger partial charge is 0.407 e. The van der Waals surface area contributed by atoms with E-state index in [1.165, 1.54) is 17.0 Å². The highest BCUT2D eigenvalue weighted by Gasteiger charge is 2.31. The summed E-state index contributed by atoms with van der Waals surface area (Å²) in [6, 6.07) is 2.99. The van der Waals surface area contributed by atoms with Gasteiger partial charge < -0.3 is 14.7 Å². The van der Waals surface area contributed by atoms with Crippen LogP contribution >= 0.6 is 0 Å². The van der Waals surface area contributed by atoms with Crippen LogP contribution in [0.25, 0.3) is 0 Å². The molecule has 3 rings (SSSR count). The van der Waals surface area contributed by atoms with Crippen LogP contribution in [0.4, 0.5) is 4.79 Å². The molecular formula is C16H19NO6S. The summed E-state index contributed by atoms with van der Waals surface area (Å²) in [7, 11) is -3.50. The first-order valence-corrected chi connectivity index (χ1v) is 9.45. The van der Waals surface area contributed by atoms with Crippen molar-refractivity contribution in [1.82, 2.24) is 4.90 Å². The summed E-state index contributed by atoms with van der Waals surface area (Å²) < 4.78 is 30.5. The van der Waals surface area contributed by atoms with Gasteiger partial charge >= 0.3 is 12.1 Å². The summed E-state index contributed by atoms with van der Waals surface area (Å²) >= 11 is 0. The number of esters is 1. The molecule has 0 spiro atoms. The van der Waals surface area contributed by atoms with Crippen LogP contribution in [-0.2, 0) is 21.2 Å². The molecule has 0 bridgehead atoms. The van der Waals surface area contributed by atoms with Crippen LogP contribution in [0.3, 0.4) is 0 Å². The highest BCUT2D eigenvalue weighted by molar-refractivity contribution is 7.91. The molecule has 8 heteroatoms. The molecule has 1 saturated heterocycles. The van der Waals surface area contributed by atoms with Crippen molar-refractivity contribution in [2.75, 3.05) is 18.8 Å². The van der Waals surface area contributed by atoms with Gasteiger partial charge in [-0.15, -0.1) is 0 Å². The Balaban J connectivity index is 1.78. The third kappa shape index (κ3) is 2.98. The number of benzene rings is 1. The zero-order chi connectivity index (χ0) is 17.5. The molecule has 2 aliphatic heterocycles. The number of fused-ring (bicyclic) bond motifs is 1. The molecule has 1 N–H and O–H groups in total. The molecular weight excluding hydrogens is 334 g/mol. The SMILES string of the molecule is Cc1c(S(=O)(=O)CC2CCN(C(=O)O)CC2)ccc2c1COC2=O. The van der Waals surface area contributed by atoms with Gasteiger partial charge in [0.2, 0.25) is 0 Å². The lowest BCUT2D eigenvalue weighted by atomic mass is 9.99. The van der Waals surface area contributed by atoms with Gasteiger partial charge in [-0.1, -0.05) is 0 Å². The summed E-state index contributed by atoms with van der Waals surface area (Å²) in [4.78, 5) is 24.0. The van der Waals surface area contributed by atoms with E-state index in [-0.39, 0.29) is 23.2 Å². The zero-order valence-corrected chi connectivity index (χ0v) is 14.1. The average Bonchev–Trinajstić information content (AvgIpc) is 2.90. The molecule has 2 aliphatic rings. The number of rotatable bonds is 3. The number of carbonyl (C=O) groups is 2. The number of hydrogen-bond donors (Lipinski definition) is 1. The lowest BCUT2D eigenvalue weighted by Gasteiger charge is -2.29. The Morgan fingerprint density at radius 3 is 2.62 bits per heavy atom. The monoisotopic (exact) mass is 353 g/mol. The van der Waals surface area contributed by atoms with E-state index in [0.29, 0.717) is 42.6 Å². The summed E-state index contributed by atoms with van der Waals surface area (Å²) in [6.07, 6.45) is 0.115. The van der Waals surface area contributed by atoms with Gasteiger partial charge in [0.05, 0.1) is 16.2 Å². The number of carbonyl (C=O) groups excluding carboxylic acids is 1. The predicted octanol–water partition coefficient (Wildman–Crippen LogP) is 1.83. The van der Waals surface area contributed by atoms with Crippen LogP contribution < -0.4 is 0 Å². The molecule has 0 unspecified atom stereocenters. The number of hydrogen-bond acceptors (Lipinski definition) is 5. The van der Waals surface area contributed by atoms with Crippen molar-refractivity contribution >= 4 is 21.9 Å². The molecule has 1 aromatic rings. The van der Waals surface area contributed by atoms with Gasteiger partial charge in [0.15, 0.2) is 9.84 Å². The van der Waals surface area contributed by atoms with E-state index in [1.54, 1.807) is 6.92 Å². The Labute approximate surface area is 140 Å². The fourth-order valence-corrected chi connectivity index (χ4v) is 5.35. The summed E-state index contributed by atoms with van der Waals surface area (Å²) in [6.45, 7) is 2.53. The minimum Gasteiger partial charge on any atom is -0.465 e. The molecule has 7 nitrogen and oxygen atoms in total. The number of sulfone groups is 1. The lowest BCUT2D eigenvalue weighted by Crippen LogP contribution is -2.39. The molecule has 0 saturated carbocycles. The first-order valence-electron chi connectivity index (χ1n) is 7.80. The van der Waals surface area contributed by atoms with E-state index in [2.05, 4.69) is 0 Å². The van der Waals surface area contributed by atoms with E-state index in [0.717, 1.165) is 0 Å². The van der Waals surface area contributed by atoms with Gasteiger partial charge in [0, 0.05) is 18.7 Å². The van der Waals surface area contributed by atoms with Crippen LogP contribution in [0, 0.1) is 12.8 Å². The fraction of sp³-hybridized carbons (Fsp3) is 0.500. The Morgan fingerprint density at radius 2 is 2.00 bits per heavy atom. The minimum absolute atomic E-state index is 0.00507. The third-order valence-electron chi connectivity index (χ3n) is 4.79. The summed E-state index contributed by atoms with van der Waals surface area (Å²) in [5, 5.41) is 8.95. The van der Waals surface area contributed by atoms with Crippen LogP contribution in [0.15, 0.2) is 17.0 Å². The standard InChI is InChI=1S/C16H19NO6S/c1-10-13-8-23-15(18)12(13)2-3-14(10)24(21,22)9-11-4-6-17(7-5-11)16(19)20/h2-3,11H,4-9H2,1H3,(H,19,20). The van der Waals surface area contributed by atoms with Crippen molar-refractivity contribution in [2.24, 2.45) is 5.92 Å². The largest absolute Gasteiger partial charge is 0.465 e. The maximum Gasteiger partial charge on any atom is 0.407 e. The van der Waals surface area contributed by atoms with E-state index < -0.39 is 21.9 Å². The van der Waals surface area contributed by atoms with Crippen molar-refractivity contribution in [3.8, 4) is 0 Å². The number of cyclic esters (lactones) is 1. The first kappa shape index (κ1) is 16.8. The Hall–Kier alpha value is -2.09. The maximum atomic E-state index is 12.8. The quantitative estimate of drug-likeness (QED) is 0.832. The molecule has 1 aromatic carbocycles. The Bertz CT molecular complexity index is 793. The molecule has 24 heavy (non-hydrogen) atoms. The van der Waals surface area contributed by atoms with E-state index in [9.17, 15) is 18.0 Å². The normalized spacial score (nSPS) is 18.4. The van der Waals surface area contributed by atoms with Crippen LogP contribution in [0.1, 0.15) is 34.3 Å². The van der Waals surface area contributed by atoms with E-state index in [4.69, 9.17) is 9.84 Å². The number of likely N-dealkylation sites (tertiary alicyclic amines) is 1. The second kappa shape index (κ2) is 6.08. The summed E-state index contributed by atoms with van der Waals surface area (Å²) in [5.74, 6) is -0.483. The van der Waals surface area contributed by atoms with Gasteiger partial charge in [0.1, 0.15) is 6.61 Å². The second-order valence-corrected chi connectivity index (χ2v) is 8.29. The topological polar surface area (TPSA) is 101 Å². The van der Waals surface area contributed by atoms with Crippen molar-refractivity contribution in [1.29, 1.82) is 0 Å². The van der Waals surface area contributed by atoms with Gasteiger partial charge in [-0.3, -0.25) is 0 Å². The number of piperidine rings is 1. The van der Waals surface area contributed by atoms with Crippen LogP contribution in [0.2, 0.25) is 0 Å². The highest BCUT2D eigenvalue weighted by atomic mass is 32.2. The molecule has 1 amide bonds. The Morgan fingerprint density at radius 1 is 1.33 bits per heavy atom. The van der Waals surface area contributed by atoms with Gasteiger partial charge in [-0.05, 0) is 43.4 Å². The predicted molar refractivity (Wildman–Crippen MR) is 84.7 cm³/mol. The van der Waals surface area contributed by atoms with Crippen LogP contribution in [-0.4, -0.2) is 49.3 Å². The number of ether oxygens (including phenoxy) is 1. The molecule has 130 valence electrons. The lowest BCUT2D eigenvalue weighted by molar-refractivity contribution is 0.0534. The van der Waals surface area contributed by atoms with Gasteiger partial charge in [0.25, 0.3) is 0 Å².